The molecule has 2 heterocycles. The van der Waals surface area contributed by atoms with E-state index in [0.29, 0.717) is 0 Å². The molecule has 1 atom stereocenters. The third kappa shape index (κ3) is 4.38. The first-order valence-electron chi connectivity index (χ1n) is 6.97. The summed E-state index contributed by atoms with van der Waals surface area (Å²) in [6.45, 7) is 8.72. The van der Waals surface area contributed by atoms with Crippen LogP contribution in [0.2, 0.25) is 0 Å². The number of rotatable bonds is 6. The van der Waals surface area contributed by atoms with Crippen molar-refractivity contribution in [3.63, 3.8) is 0 Å². The summed E-state index contributed by atoms with van der Waals surface area (Å²) >= 11 is 1.97. The van der Waals surface area contributed by atoms with Crippen molar-refractivity contribution in [2.45, 2.75) is 33.2 Å². The van der Waals surface area contributed by atoms with E-state index in [1.165, 1.54) is 22.6 Å². The second kappa shape index (κ2) is 6.69. The van der Waals surface area contributed by atoms with Crippen LogP contribution in [0.1, 0.15) is 30.0 Å². The second-order valence-corrected chi connectivity index (χ2v) is 7.15. The Kier molecular flexibility index (Phi) is 5.22. The van der Waals surface area contributed by atoms with Gasteiger partial charge in [-0.1, -0.05) is 13.8 Å². The molecule has 0 spiro atoms. The van der Waals surface area contributed by atoms with E-state index in [4.69, 9.17) is 4.74 Å². The van der Waals surface area contributed by atoms with Crippen LogP contribution >= 0.6 is 11.3 Å². The maximum atomic E-state index is 5.43. The predicted octanol–water partition coefficient (Wildman–Crippen LogP) is 3.41. The molecule has 3 heteroatoms. The summed E-state index contributed by atoms with van der Waals surface area (Å²) in [6, 6.07) is 4.59. The van der Waals surface area contributed by atoms with Gasteiger partial charge in [-0.15, -0.1) is 11.3 Å². The van der Waals surface area contributed by atoms with Gasteiger partial charge in [-0.3, -0.25) is 0 Å². The van der Waals surface area contributed by atoms with Crippen LogP contribution in [-0.4, -0.2) is 31.7 Å². The van der Waals surface area contributed by atoms with Gasteiger partial charge in [0.15, 0.2) is 0 Å². The number of nitrogens with zero attached hydrogens (tertiary/aromatic N) is 1. The zero-order valence-electron chi connectivity index (χ0n) is 11.8. The van der Waals surface area contributed by atoms with E-state index in [1.54, 1.807) is 0 Å². The molecule has 0 radical (unpaired) electrons. The van der Waals surface area contributed by atoms with E-state index < -0.39 is 0 Å². The third-order valence-electron chi connectivity index (χ3n) is 3.35. The molecule has 1 aliphatic rings. The van der Waals surface area contributed by atoms with Crippen molar-refractivity contribution >= 4 is 11.3 Å². The van der Waals surface area contributed by atoms with E-state index in [2.05, 4.69) is 37.9 Å². The highest BCUT2D eigenvalue weighted by Crippen LogP contribution is 2.22. The lowest BCUT2D eigenvalue weighted by Crippen LogP contribution is -2.25. The van der Waals surface area contributed by atoms with Crippen LogP contribution < -0.4 is 0 Å². The summed E-state index contributed by atoms with van der Waals surface area (Å²) in [5, 5.41) is 0. The Morgan fingerprint density at radius 1 is 1.39 bits per heavy atom. The van der Waals surface area contributed by atoms with Gasteiger partial charge < -0.3 is 9.64 Å². The molecule has 1 fully saturated rings. The Morgan fingerprint density at radius 2 is 2.17 bits per heavy atom. The molecule has 0 N–H and O–H groups in total. The highest BCUT2D eigenvalue weighted by Gasteiger charge is 2.17. The summed E-state index contributed by atoms with van der Waals surface area (Å²) in [6.07, 6.45) is 2.44. The molecule has 102 valence electrons. The van der Waals surface area contributed by atoms with Crippen LogP contribution in [0, 0.1) is 11.8 Å². The molecule has 1 aromatic heterocycles. The van der Waals surface area contributed by atoms with Crippen LogP contribution in [-0.2, 0) is 17.7 Å². The van der Waals surface area contributed by atoms with Crippen molar-refractivity contribution in [1.82, 2.24) is 4.90 Å². The van der Waals surface area contributed by atoms with Crippen molar-refractivity contribution in [2.24, 2.45) is 11.8 Å². The molecule has 18 heavy (non-hydrogen) atoms. The monoisotopic (exact) mass is 267 g/mol. The lowest BCUT2D eigenvalue weighted by atomic mass is 10.1. The smallest absolute Gasteiger partial charge is 0.0507 e. The lowest BCUT2D eigenvalue weighted by molar-refractivity contribution is 0.173. The molecule has 0 aromatic carbocycles. The molecule has 1 aliphatic heterocycles. The second-order valence-electron chi connectivity index (χ2n) is 5.89. The van der Waals surface area contributed by atoms with Crippen LogP contribution in [0.15, 0.2) is 12.1 Å². The van der Waals surface area contributed by atoms with Gasteiger partial charge in [0, 0.05) is 29.5 Å². The molecule has 1 aromatic rings. The summed E-state index contributed by atoms with van der Waals surface area (Å²) in [5.74, 6) is 1.50. The van der Waals surface area contributed by atoms with Crippen LogP contribution in [0.5, 0.6) is 0 Å². The fraction of sp³-hybridized carbons (Fsp3) is 0.733. The Balaban J connectivity index is 1.79. The molecular weight excluding hydrogens is 242 g/mol. The highest BCUT2D eigenvalue weighted by molar-refractivity contribution is 7.11. The van der Waals surface area contributed by atoms with Gasteiger partial charge in [-0.25, -0.2) is 0 Å². The van der Waals surface area contributed by atoms with Crippen LogP contribution in [0.3, 0.4) is 0 Å². The topological polar surface area (TPSA) is 12.5 Å². The summed E-state index contributed by atoms with van der Waals surface area (Å²) in [4.78, 5) is 5.45. The maximum Gasteiger partial charge on any atom is 0.0507 e. The minimum atomic E-state index is 0.741. The molecule has 0 aliphatic carbocycles. The van der Waals surface area contributed by atoms with Crippen LogP contribution in [0.4, 0.5) is 0 Å². The SMILES string of the molecule is CC(C)Cc1ccc(CN(C)CC2CCOC2)s1. The first-order chi connectivity index (χ1) is 8.63. The molecule has 1 unspecified atom stereocenters. The number of ether oxygens (including phenoxy) is 1. The minimum Gasteiger partial charge on any atom is -0.381 e. The van der Waals surface area contributed by atoms with E-state index in [1.807, 2.05) is 11.3 Å². The van der Waals surface area contributed by atoms with Gasteiger partial charge in [0.05, 0.1) is 6.61 Å². The predicted molar refractivity (Wildman–Crippen MR) is 78.1 cm³/mol. The fourth-order valence-electron chi connectivity index (χ4n) is 2.52. The van der Waals surface area contributed by atoms with Crippen LogP contribution in [0.25, 0.3) is 0 Å². The first kappa shape index (κ1) is 14.0. The van der Waals surface area contributed by atoms with Crippen molar-refractivity contribution in [3.8, 4) is 0 Å². The van der Waals surface area contributed by atoms with E-state index in [-0.39, 0.29) is 0 Å². The fourth-order valence-corrected chi connectivity index (χ4v) is 3.83. The molecule has 2 rings (SSSR count). The van der Waals surface area contributed by atoms with Crippen molar-refractivity contribution in [2.75, 3.05) is 26.8 Å². The van der Waals surface area contributed by atoms with Crippen molar-refractivity contribution < 1.29 is 4.74 Å². The molecule has 0 amide bonds. The Hall–Kier alpha value is -0.380. The molecular formula is C15H25NOS. The summed E-state index contributed by atoms with van der Waals surface area (Å²) in [7, 11) is 2.22. The average Bonchev–Trinajstić information content (AvgIpc) is 2.89. The summed E-state index contributed by atoms with van der Waals surface area (Å²) < 4.78 is 5.43. The van der Waals surface area contributed by atoms with Gasteiger partial charge >= 0.3 is 0 Å². The minimum absolute atomic E-state index is 0.741. The van der Waals surface area contributed by atoms with Gasteiger partial charge in [-0.05, 0) is 43.9 Å². The van der Waals surface area contributed by atoms with E-state index in [9.17, 15) is 0 Å². The van der Waals surface area contributed by atoms with Crippen molar-refractivity contribution in [3.05, 3.63) is 21.9 Å². The maximum absolute atomic E-state index is 5.43. The molecule has 2 nitrogen and oxygen atoms in total. The standard InChI is InChI=1S/C15H25NOS/c1-12(2)8-14-4-5-15(18-14)10-16(3)9-13-6-7-17-11-13/h4-5,12-13H,6-11H2,1-3H3. The zero-order chi connectivity index (χ0) is 13.0. The van der Waals surface area contributed by atoms with Gasteiger partial charge in [0.1, 0.15) is 0 Å². The first-order valence-corrected chi connectivity index (χ1v) is 7.79. The highest BCUT2D eigenvalue weighted by atomic mass is 32.1. The largest absolute Gasteiger partial charge is 0.381 e. The number of hydrogen-bond acceptors (Lipinski definition) is 3. The summed E-state index contributed by atoms with van der Waals surface area (Å²) in [5.41, 5.74) is 0. The third-order valence-corrected chi connectivity index (χ3v) is 4.44. The Morgan fingerprint density at radius 3 is 2.83 bits per heavy atom. The molecule has 0 saturated carbocycles. The molecule has 0 bridgehead atoms. The number of thiophene rings is 1. The molecule has 1 saturated heterocycles. The van der Waals surface area contributed by atoms with Gasteiger partial charge in [-0.2, -0.15) is 0 Å². The van der Waals surface area contributed by atoms with Gasteiger partial charge in [0.25, 0.3) is 0 Å². The Labute approximate surface area is 115 Å². The van der Waals surface area contributed by atoms with Crippen molar-refractivity contribution in [1.29, 1.82) is 0 Å². The zero-order valence-corrected chi connectivity index (χ0v) is 12.6. The normalized spacial score (nSPS) is 20.2. The number of hydrogen-bond donors (Lipinski definition) is 0. The average molecular weight is 267 g/mol. The lowest BCUT2D eigenvalue weighted by Gasteiger charge is -2.19. The quantitative estimate of drug-likeness (QED) is 0.783. The van der Waals surface area contributed by atoms with E-state index >= 15 is 0 Å². The van der Waals surface area contributed by atoms with Gasteiger partial charge in [0.2, 0.25) is 0 Å². The van der Waals surface area contributed by atoms with E-state index in [0.717, 1.165) is 38.1 Å². The Bertz CT molecular complexity index is 355.